The molecule has 68 valence electrons. The average Bonchev–Trinajstić information content (AvgIpc) is 2.46. The third kappa shape index (κ3) is 1.31. The maximum Gasteiger partial charge on any atom is 0.0996 e. The van der Waals surface area contributed by atoms with E-state index in [2.05, 4.69) is 4.98 Å². The van der Waals surface area contributed by atoms with E-state index in [1.807, 2.05) is 29.7 Å². The second kappa shape index (κ2) is 2.85. The monoisotopic (exact) mass is 176 g/mol. The van der Waals surface area contributed by atoms with Crippen molar-refractivity contribution in [2.75, 3.05) is 0 Å². The Balaban J connectivity index is 2.69. The molecule has 0 radical (unpaired) electrons. The largest absolute Gasteiger partial charge is 0.387 e. The Bertz CT molecular complexity index is 431. The molecule has 0 amide bonds. The van der Waals surface area contributed by atoms with Gasteiger partial charge in [0.2, 0.25) is 0 Å². The summed E-state index contributed by atoms with van der Waals surface area (Å²) in [4.78, 5) is 4.15. The zero-order valence-electron chi connectivity index (χ0n) is 7.73. The second-order valence-corrected chi connectivity index (χ2v) is 3.30. The van der Waals surface area contributed by atoms with Crippen molar-refractivity contribution in [3.63, 3.8) is 0 Å². The molecule has 1 N–H and O–H groups in total. The van der Waals surface area contributed by atoms with Gasteiger partial charge in [-0.2, -0.15) is 0 Å². The smallest absolute Gasteiger partial charge is 0.0996 e. The van der Waals surface area contributed by atoms with Crippen LogP contribution < -0.4 is 0 Å². The number of aromatic nitrogens is 2. The topological polar surface area (TPSA) is 37.5 Å². The van der Waals surface area contributed by atoms with Gasteiger partial charge in [-0.25, -0.2) is 4.98 Å². The van der Waals surface area contributed by atoms with E-state index >= 15 is 0 Å². The lowest BCUT2D eigenvalue weighted by Crippen LogP contribution is -1.92. The molecule has 0 bridgehead atoms. The van der Waals surface area contributed by atoms with Gasteiger partial charge < -0.3 is 9.51 Å². The molecule has 0 aliphatic carbocycles. The van der Waals surface area contributed by atoms with E-state index in [9.17, 15) is 5.11 Å². The van der Waals surface area contributed by atoms with E-state index < -0.39 is 6.10 Å². The number of fused-ring (bicyclic) bond motifs is 1. The van der Waals surface area contributed by atoms with Crippen molar-refractivity contribution in [3.8, 4) is 0 Å². The molecule has 0 aliphatic rings. The number of aliphatic hydroxyl groups excluding tert-OH is 1. The van der Waals surface area contributed by atoms with Crippen molar-refractivity contribution in [3.05, 3.63) is 35.9 Å². The molecular formula is C10H12N2O. The SMILES string of the molecule is Cc1ccc2c(C(C)O)ncn2c1. The highest BCUT2D eigenvalue weighted by atomic mass is 16.3. The zero-order chi connectivity index (χ0) is 9.42. The van der Waals surface area contributed by atoms with Crippen LogP contribution in [0.3, 0.4) is 0 Å². The Morgan fingerprint density at radius 1 is 1.46 bits per heavy atom. The number of rotatable bonds is 1. The fourth-order valence-electron chi connectivity index (χ4n) is 1.45. The van der Waals surface area contributed by atoms with Gasteiger partial charge in [0.1, 0.15) is 0 Å². The number of hydrogen-bond donors (Lipinski definition) is 1. The quantitative estimate of drug-likeness (QED) is 0.718. The Morgan fingerprint density at radius 2 is 2.23 bits per heavy atom. The first kappa shape index (κ1) is 8.26. The van der Waals surface area contributed by atoms with Crippen molar-refractivity contribution in [2.45, 2.75) is 20.0 Å². The maximum absolute atomic E-state index is 9.40. The average molecular weight is 176 g/mol. The Hall–Kier alpha value is -1.35. The summed E-state index contributed by atoms with van der Waals surface area (Å²) in [6.07, 6.45) is 3.21. The van der Waals surface area contributed by atoms with Crippen molar-refractivity contribution < 1.29 is 5.11 Å². The van der Waals surface area contributed by atoms with Crippen LogP contribution in [0.4, 0.5) is 0 Å². The number of aryl methyl sites for hydroxylation is 1. The first-order valence-electron chi connectivity index (χ1n) is 4.30. The van der Waals surface area contributed by atoms with Crippen LogP contribution in [0.25, 0.3) is 5.52 Å². The van der Waals surface area contributed by atoms with Crippen molar-refractivity contribution >= 4 is 5.52 Å². The Morgan fingerprint density at radius 3 is 2.92 bits per heavy atom. The maximum atomic E-state index is 9.40. The third-order valence-corrected chi connectivity index (χ3v) is 2.10. The van der Waals surface area contributed by atoms with E-state index in [1.165, 1.54) is 5.56 Å². The third-order valence-electron chi connectivity index (χ3n) is 2.10. The summed E-state index contributed by atoms with van der Waals surface area (Å²) in [5.41, 5.74) is 2.89. The number of hydrogen-bond acceptors (Lipinski definition) is 2. The molecule has 0 aliphatic heterocycles. The van der Waals surface area contributed by atoms with E-state index in [4.69, 9.17) is 0 Å². The first-order valence-corrected chi connectivity index (χ1v) is 4.30. The lowest BCUT2D eigenvalue weighted by molar-refractivity contribution is 0.196. The van der Waals surface area contributed by atoms with Crippen LogP contribution in [0.15, 0.2) is 24.7 Å². The number of aliphatic hydroxyl groups is 1. The van der Waals surface area contributed by atoms with E-state index in [1.54, 1.807) is 13.3 Å². The van der Waals surface area contributed by atoms with Crippen molar-refractivity contribution in [2.24, 2.45) is 0 Å². The molecular weight excluding hydrogens is 164 g/mol. The van der Waals surface area contributed by atoms with Crippen LogP contribution in [0.1, 0.15) is 24.3 Å². The van der Waals surface area contributed by atoms with Crippen LogP contribution in [-0.2, 0) is 0 Å². The van der Waals surface area contributed by atoms with Gasteiger partial charge >= 0.3 is 0 Å². The predicted molar refractivity (Wildman–Crippen MR) is 50.6 cm³/mol. The summed E-state index contributed by atoms with van der Waals surface area (Å²) in [5, 5.41) is 9.40. The number of imidazole rings is 1. The van der Waals surface area contributed by atoms with Crippen LogP contribution in [-0.4, -0.2) is 14.5 Å². The fraction of sp³-hybridized carbons (Fsp3) is 0.300. The van der Waals surface area contributed by atoms with E-state index in [0.29, 0.717) is 0 Å². The molecule has 3 heteroatoms. The highest BCUT2D eigenvalue weighted by Gasteiger charge is 2.08. The van der Waals surface area contributed by atoms with Gasteiger partial charge in [0.15, 0.2) is 0 Å². The predicted octanol–water partition coefficient (Wildman–Crippen LogP) is 1.70. The molecule has 2 rings (SSSR count). The van der Waals surface area contributed by atoms with Crippen molar-refractivity contribution in [1.82, 2.24) is 9.38 Å². The van der Waals surface area contributed by atoms with Gasteiger partial charge in [-0.3, -0.25) is 0 Å². The van der Waals surface area contributed by atoms with Gasteiger partial charge in [-0.15, -0.1) is 0 Å². The van der Waals surface area contributed by atoms with Gasteiger partial charge in [-0.05, 0) is 25.5 Å². The summed E-state index contributed by atoms with van der Waals surface area (Å²) in [7, 11) is 0. The molecule has 0 saturated heterocycles. The minimum absolute atomic E-state index is 0.507. The van der Waals surface area contributed by atoms with Gasteiger partial charge in [0.05, 0.1) is 23.6 Å². The summed E-state index contributed by atoms with van der Waals surface area (Å²) in [6, 6.07) is 3.99. The molecule has 3 nitrogen and oxygen atoms in total. The molecule has 1 atom stereocenters. The zero-order valence-corrected chi connectivity index (χ0v) is 7.73. The standard InChI is InChI=1S/C10H12N2O/c1-7-3-4-9-10(8(2)13)11-6-12(9)5-7/h3-6,8,13H,1-2H3. The molecule has 0 aromatic carbocycles. The molecule has 13 heavy (non-hydrogen) atoms. The number of pyridine rings is 1. The van der Waals surface area contributed by atoms with Gasteiger partial charge in [0, 0.05) is 6.20 Å². The summed E-state index contributed by atoms with van der Waals surface area (Å²) in [5.74, 6) is 0. The van der Waals surface area contributed by atoms with Crippen LogP contribution in [0, 0.1) is 6.92 Å². The van der Waals surface area contributed by atoms with E-state index in [-0.39, 0.29) is 0 Å². The Kier molecular flexibility index (Phi) is 1.81. The summed E-state index contributed by atoms with van der Waals surface area (Å²) in [6.45, 7) is 3.75. The molecule has 2 aromatic heterocycles. The molecule has 2 aromatic rings. The lowest BCUT2D eigenvalue weighted by Gasteiger charge is -2.01. The number of nitrogens with zero attached hydrogens (tertiary/aromatic N) is 2. The van der Waals surface area contributed by atoms with Crippen LogP contribution >= 0.6 is 0 Å². The summed E-state index contributed by atoms with van der Waals surface area (Å²) >= 11 is 0. The minimum atomic E-state index is -0.507. The molecule has 0 spiro atoms. The fourth-order valence-corrected chi connectivity index (χ4v) is 1.45. The highest BCUT2D eigenvalue weighted by molar-refractivity contribution is 5.53. The molecule has 2 heterocycles. The highest BCUT2D eigenvalue weighted by Crippen LogP contribution is 2.17. The van der Waals surface area contributed by atoms with E-state index in [0.717, 1.165) is 11.2 Å². The van der Waals surface area contributed by atoms with Gasteiger partial charge in [-0.1, -0.05) is 6.07 Å². The van der Waals surface area contributed by atoms with Crippen LogP contribution in [0.5, 0.6) is 0 Å². The second-order valence-electron chi connectivity index (χ2n) is 3.30. The lowest BCUT2D eigenvalue weighted by atomic mass is 10.2. The molecule has 0 saturated carbocycles. The Labute approximate surface area is 76.7 Å². The first-order chi connectivity index (χ1) is 6.18. The minimum Gasteiger partial charge on any atom is -0.387 e. The van der Waals surface area contributed by atoms with Crippen molar-refractivity contribution in [1.29, 1.82) is 0 Å². The molecule has 1 unspecified atom stereocenters. The van der Waals surface area contributed by atoms with Gasteiger partial charge in [0.25, 0.3) is 0 Å². The van der Waals surface area contributed by atoms with Crippen LogP contribution in [0.2, 0.25) is 0 Å². The normalized spacial score (nSPS) is 13.5. The molecule has 0 fully saturated rings. The summed E-state index contributed by atoms with van der Waals surface area (Å²) < 4.78 is 1.93.